The molecule has 0 atom stereocenters. The number of carbonyl (C=O) groups is 1. The van der Waals surface area contributed by atoms with Crippen LogP contribution in [0.5, 0.6) is 0 Å². The molecule has 106 valence electrons. The summed E-state index contributed by atoms with van der Waals surface area (Å²) in [5.74, 6) is 1.63. The third-order valence-corrected chi connectivity index (χ3v) is 2.83. The van der Waals surface area contributed by atoms with Crippen LogP contribution in [0.2, 0.25) is 0 Å². The zero-order valence-electron chi connectivity index (χ0n) is 11.6. The van der Waals surface area contributed by atoms with Crippen LogP contribution >= 0.6 is 0 Å². The van der Waals surface area contributed by atoms with E-state index in [2.05, 4.69) is 22.5 Å². The standard InChI is InChI=1S/C15H19N3O2/c1-2-3-6-15(19)18-12-7-8-14(16-10-12)17-11-13-5-4-9-20-13/h4-5,7-10H,2-3,6,11H2,1H3,(H,16,17)(H,18,19). The number of hydrogen-bond acceptors (Lipinski definition) is 4. The normalized spacial score (nSPS) is 10.2. The fourth-order valence-corrected chi connectivity index (χ4v) is 1.72. The predicted octanol–water partition coefficient (Wildman–Crippen LogP) is 3.42. The van der Waals surface area contributed by atoms with Crippen LogP contribution in [0.3, 0.4) is 0 Å². The molecule has 2 N–H and O–H groups in total. The molecule has 2 aromatic rings. The summed E-state index contributed by atoms with van der Waals surface area (Å²) in [7, 11) is 0. The van der Waals surface area contributed by atoms with Crippen molar-refractivity contribution in [2.75, 3.05) is 10.6 Å². The van der Waals surface area contributed by atoms with Gasteiger partial charge in [-0.3, -0.25) is 4.79 Å². The van der Waals surface area contributed by atoms with E-state index in [1.165, 1.54) is 0 Å². The van der Waals surface area contributed by atoms with Crippen LogP contribution in [0.1, 0.15) is 31.9 Å². The zero-order chi connectivity index (χ0) is 14.2. The van der Waals surface area contributed by atoms with Crippen molar-refractivity contribution in [3.63, 3.8) is 0 Å². The van der Waals surface area contributed by atoms with Gasteiger partial charge in [-0.25, -0.2) is 4.98 Å². The molecule has 0 aliphatic rings. The Bertz CT molecular complexity index is 521. The number of aromatic nitrogens is 1. The number of carbonyl (C=O) groups excluding carboxylic acids is 1. The Hall–Kier alpha value is -2.30. The van der Waals surface area contributed by atoms with Crippen LogP contribution in [-0.4, -0.2) is 10.9 Å². The zero-order valence-corrected chi connectivity index (χ0v) is 11.6. The summed E-state index contributed by atoms with van der Waals surface area (Å²) >= 11 is 0. The summed E-state index contributed by atoms with van der Waals surface area (Å²) in [5.41, 5.74) is 0.717. The topological polar surface area (TPSA) is 67.2 Å². The first-order chi connectivity index (χ1) is 9.78. The van der Waals surface area contributed by atoms with Gasteiger partial charge >= 0.3 is 0 Å². The Kier molecular flexibility index (Phi) is 5.17. The van der Waals surface area contributed by atoms with E-state index in [9.17, 15) is 4.79 Å². The van der Waals surface area contributed by atoms with E-state index in [1.807, 2.05) is 24.3 Å². The lowest BCUT2D eigenvalue weighted by Crippen LogP contribution is -2.11. The Labute approximate surface area is 118 Å². The molecule has 2 aromatic heterocycles. The smallest absolute Gasteiger partial charge is 0.224 e. The molecule has 0 fully saturated rings. The molecule has 2 heterocycles. The van der Waals surface area contributed by atoms with Crippen LogP contribution in [0, 0.1) is 0 Å². The van der Waals surface area contributed by atoms with Crippen molar-refractivity contribution < 1.29 is 9.21 Å². The monoisotopic (exact) mass is 273 g/mol. The third-order valence-electron chi connectivity index (χ3n) is 2.83. The lowest BCUT2D eigenvalue weighted by molar-refractivity contribution is -0.116. The first-order valence-corrected chi connectivity index (χ1v) is 6.80. The second-order valence-electron chi connectivity index (χ2n) is 4.52. The number of pyridine rings is 1. The average Bonchev–Trinajstić information content (AvgIpc) is 2.98. The molecule has 0 aliphatic carbocycles. The van der Waals surface area contributed by atoms with Crippen LogP contribution < -0.4 is 10.6 Å². The summed E-state index contributed by atoms with van der Waals surface area (Å²) < 4.78 is 5.22. The quantitative estimate of drug-likeness (QED) is 0.811. The lowest BCUT2D eigenvalue weighted by Gasteiger charge is -2.06. The van der Waals surface area contributed by atoms with Gasteiger partial charge in [0.25, 0.3) is 0 Å². The average molecular weight is 273 g/mol. The molecule has 5 heteroatoms. The van der Waals surface area contributed by atoms with Gasteiger partial charge in [0.2, 0.25) is 5.91 Å². The number of furan rings is 1. The SMILES string of the molecule is CCCCC(=O)Nc1ccc(NCc2ccco2)nc1. The molecule has 0 saturated heterocycles. The fourth-order valence-electron chi connectivity index (χ4n) is 1.72. The van der Waals surface area contributed by atoms with E-state index in [-0.39, 0.29) is 5.91 Å². The highest BCUT2D eigenvalue weighted by molar-refractivity contribution is 5.90. The third kappa shape index (κ3) is 4.42. The molecule has 2 rings (SSSR count). The van der Waals surface area contributed by atoms with Gasteiger partial charge in [-0.05, 0) is 30.7 Å². The Morgan fingerprint density at radius 1 is 1.35 bits per heavy atom. The van der Waals surface area contributed by atoms with E-state index < -0.39 is 0 Å². The van der Waals surface area contributed by atoms with Gasteiger partial charge in [0, 0.05) is 6.42 Å². The van der Waals surface area contributed by atoms with Gasteiger partial charge in [-0.1, -0.05) is 13.3 Å². The molecule has 0 spiro atoms. The first-order valence-electron chi connectivity index (χ1n) is 6.80. The summed E-state index contributed by atoms with van der Waals surface area (Å²) in [4.78, 5) is 15.8. The van der Waals surface area contributed by atoms with Crippen molar-refractivity contribution in [1.82, 2.24) is 4.98 Å². The number of unbranched alkanes of at least 4 members (excludes halogenated alkanes) is 1. The molecular weight excluding hydrogens is 254 g/mol. The highest BCUT2D eigenvalue weighted by Gasteiger charge is 2.02. The summed E-state index contributed by atoms with van der Waals surface area (Å²) in [6.45, 7) is 2.65. The van der Waals surface area contributed by atoms with Gasteiger partial charge in [-0.2, -0.15) is 0 Å². The molecular formula is C15H19N3O2. The van der Waals surface area contributed by atoms with Crippen LogP contribution in [-0.2, 0) is 11.3 Å². The van der Waals surface area contributed by atoms with Gasteiger partial charge in [0.1, 0.15) is 11.6 Å². The van der Waals surface area contributed by atoms with E-state index in [0.717, 1.165) is 30.1 Å². The number of nitrogens with zero attached hydrogens (tertiary/aromatic N) is 1. The van der Waals surface area contributed by atoms with Gasteiger partial charge in [0.05, 0.1) is 24.7 Å². The lowest BCUT2D eigenvalue weighted by atomic mass is 10.2. The van der Waals surface area contributed by atoms with Gasteiger partial charge in [0.15, 0.2) is 0 Å². The Morgan fingerprint density at radius 2 is 2.25 bits per heavy atom. The molecule has 1 amide bonds. The minimum Gasteiger partial charge on any atom is -0.467 e. The molecule has 0 radical (unpaired) electrons. The maximum absolute atomic E-state index is 11.6. The largest absolute Gasteiger partial charge is 0.467 e. The van der Waals surface area contributed by atoms with Crippen molar-refractivity contribution in [2.24, 2.45) is 0 Å². The predicted molar refractivity (Wildman–Crippen MR) is 78.4 cm³/mol. The minimum absolute atomic E-state index is 0.0324. The van der Waals surface area contributed by atoms with E-state index in [4.69, 9.17) is 4.42 Å². The minimum atomic E-state index is 0.0324. The highest BCUT2D eigenvalue weighted by atomic mass is 16.3. The van der Waals surface area contributed by atoms with Gasteiger partial charge < -0.3 is 15.1 Å². The maximum atomic E-state index is 11.6. The van der Waals surface area contributed by atoms with Crippen LogP contribution in [0.15, 0.2) is 41.1 Å². The van der Waals surface area contributed by atoms with Crippen molar-refractivity contribution >= 4 is 17.4 Å². The van der Waals surface area contributed by atoms with E-state index in [0.29, 0.717) is 13.0 Å². The summed E-state index contributed by atoms with van der Waals surface area (Å²) in [5, 5.41) is 5.97. The molecule has 0 bridgehead atoms. The summed E-state index contributed by atoms with van der Waals surface area (Å²) in [6, 6.07) is 7.41. The van der Waals surface area contributed by atoms with Crippen LogP contribution in [0.25, 0.3) is 0 Å². The molecule has 0 aromatic carbocycles. The molecule has 20 heavy (non-hydrogen) atoms. The number of nitrogens with one attached hydrogen (secondary N) is 2. The Balaban J connectivity index is 1.81. The highest BCUT2D eigenvalue weighted by Crippen LogP contribution is 2.12. The van der Waals surface area contributed by atoms with Crippen molar-refractivity contribution in [3.8, 4) is 0 Å². The number of rotatable bonds is 7. The molecule has 0 aliphatic heterocycles. The Morgan fingerprint density at radius 3 is 2.90 bits per heavy atom. The molecule has 5 nitrogen and oxygen atoms in total. The van der Waals surface area contributed by atoms with E-state index in [1.54, 1.807) is 12.5 Å². The van der Waals surface area contributed by atoms with E-state index >= 15 is 0 Å². The number of anilines is 2. The van der Waals surface area contributed by atoms with Crippen molar-refractivity contribution in [1.29, 1.82) is 0 Å². The van der Waals surface area contributed by atoms with Gasteiger partial charge in [-0.15, -0.1) is 0 Å². The summed E-state index contributed by atoms with van der Waals surface area (Å²) in [6.07, 6.45) is 5.76. The molecule has 0 saturated carbocycles. The van der Waals surface area contributed by atoms with Crippen molar-refractivity contribution in [2.45, 2.75) is 32.7 Å². The fraction of sp³-hybridized carbons (Fsp3) is 0.333. The second kappa shape index (κ2) is 7.33. The maximum Gasteiger partial charge on any atom is 0.224 e. The number of amides is 1. The number of hydrogen-bond donors (Lipinski definition) is 2. The van der Waals surface area contributed by atoms with Crippen molar-refractivity contribution in [3.05, 3.63) is 42.5 Å². The second-order valence-corrected chi connectivity index (χ2v) is 4.52. The first kappa shape index (κ1) is 14.1. The molecule has 0 unspecified atom stereocenters. The van der Waals surface area contributed by atoms with Crippen LogP contribution in [0.4, 0.5) is 11.5 Å².